The fourth-order valence-corrected chi connectivity index (χ4v) is 8.01. The third kappa shape index (κ3) is 8.55. The van der Waals surface area contributed by atoms with Gasteiger partial charge in [-0.3, -0.25) is 4.90 Å². The first-order valence-electron chi connectivity index (χ1n) is 18.5. The van der Waals surface area contributed by atoms with Crippen LogP contribution in [0.1, 0.15) is 69.8 Å². The van der Waals surface area contributed by atoms with E-state index in [2.05, 4.69) is 35.4 Å². The summed E-state index contributed by atoms with van der Waals surface area (Å²) in [6.45, 7) is 14.4. The summed E-state index contributed by atoms with van der Waals surface area (Å²) in [5.41, 5.74) is 2.80. The Balaban J connectivity index is 1.68. The summed E-state index contributed by atoms with van der Waals surface area (Å²) >= 11 is 0. The monoisotopic (exact) mass is 695 g/mol. The van der Waals surface area contributed by atoms with Gasteiger partial charge in [0.05, 0.1) is 24.8 Å². The van der Waals surface area contributed by atoms with Crippen molar-refractivity contribution in [3.63, 3.8) is 0 Å². The number of likely N-dealkylation sites (N-methyl/N-ethyl adjacent to an activating group) is 1. The summed E-state index contributed by atoms with van der Waals surface area (Å²) in [5, 5.41) is 24.2. The molecule has 276 valence electrons. The standard InChI is InChI=1S/C39H57N3O8/c1-5-8-23-47-38(45)41(4)35-27-33(40-49-7-3)31-25-28(13-9-11-20-43)30(14-10-12-21-44)36-32-26-29(46-24-19-42-17-18-42)15-16-34(32)50-39(35,37(31)36)48-22-6-2/h5-6,15-16,25-26,28,30,35-37,43-44H,1-2,7-14,17-24,27H2,3-4H3. The molecule has 1 amide bonds. The maximum Gasteiger partial charge on any atom is 0.409 e. The van der Waals surface area contributed by atoms with Gasteiger partial charge >= 0.3 is 6.09 Å². The van der Waals surface area contributed by atoms with Crippen molar-refractivity contribution >= 4 is 11.8 Å². The molecule has 6 atom stereocenters. The van der Waals surface area contributed by atoms with E-state index in [4.69, 9.17) is 23.8 Å². The van der Waals surface area contributed by atoms with Crippen LogP contribution in [0.2, 0.25) is 0 Å². The van der Waals surface area contributed by atoms with Crippen LogP contribution in [0.3, 0.4) is 0 Å². The number of fused-ring (bicyclic) bond motifs is 2. The second-order valence-corrected chi connectivity index (χ2v) is 13.7. The molecule has 0 spiro atoms. The van der Waals surface area contributed by atoms with Gasteiger partial charge < -0.3 is 38.9 Å². The van der Waals surface area contributed by atoms with E-state index >= 15 is 0 Å². The van der Waals surface area contributed by atoms with Gasteiger partial charge in [-0.15, -0.1) is 13.2 Å². The normalized spacial score (nSPS) is 27.3. The minimum atomic E-state index is -1.30. The Labute approximate surface area is 297 Å². The molecule has 2 aliphatic heterocycles. The maximum atomic E-state index is 13.6. The number of rotatable bonds is 21. The van der Waals surface area contributed by atoms with Crippen molar-refractivity contribution in [2.24, 2.45) is 22.9 Å². The van der Waals surface area contributed by atoms with Crippen molar-refractivity contribution in [1.29, 1.82) is 0 Å². The Bertz CT molecular complexity index is 1360. The third-order valence-electron chi connectivity index (χ3n) is 10.5. The van der Waals surface area contributed by atoms with E-state index < -0.39 is 17.9 Å². The summed E-state index contributed by atoms with van der Waals surface area (Å²) in [6, 6.07) is 5.44. The molecular formula is C39H57N3O8. The van der Waals surface area contributed by atoms with E-state index in [1.165, 1.54) is 0 Å². The van der Waals surface area contributed by atoms with Crippen LogP contribution in [0.15, 0.2) is 60.3 Å². The number of aliphatic hydroxyl groups is 2. The lowest BCUT2D eigenvalue weighted by atomic mass is 9.55. The molecule has 1 saturated carbocycles. The molecule has 4 aliphatic rings. The third-order valence-corrected chi connectivity index (χ3v) is 10.5. The van der Waals surface area contributed by atoms with Gasteiger partial charge in [0.15, 0.2) is 0 Å². The zero-order valence-corrected chi connectivity index (χ0v) is 30.0. The number of hydrogen-bond donors (Lipinski definition) is 2. The number of oxime groups is 1. The molecule has 0 radical (unpaired) electrons. The van der Waals surface area contributed by atoms with Gasteiger partial charge in [-0.05, 0) is 74.6 Å². The SMILES string of the molecule is C=CCCOC(=O)N(C)C1CC(=NOCC)C2=CC(CCCCO)C(CCCCO)C3c4cc(OCCN5CC5)ccc4OC1(OCC=C)C23. The van der Waals surface area contributed by atoms with E-state index in [-0.39, 0.29) is 50.1 Å². The van der Waals surface area contributed by atoms with Gasteiger partial charge in [0.25, 0.3) is 0 Å². The number of nitrogens with zero attached hydrogens (tertiary/aromatic N) is 3. The Morgan fingerprint density at radius 3 is 2.60 bits per heavy atom. The van der Waals surface area contributed by atoms with Crippen molar-refractivity contribution in [2.45, 2.75) is 76.0 Å². The highest BCUT2D eigenvalue weighted by Crippen LogP contribution is 2.61. The zero-order chi connectivity index (χ0) is 35.5. The van der Waals surface area contributed by atoms with Crippen LogP contribution in [-0.2, 0) is 14.3 Å². The average Bonchev–Trinajstić information content (AvgIpc) is 3.95. The summed E-state index contributed by atoms with van der Waals surface area (Å²) in [6.07, 6.45) is 11.1. The summed E-state index contributed by atoms with van der Waals surface area (Å²) in [7, 11) is 1.73. The number of carbonyl (C=O) groups excluding carboxylic acids is 1. The van der Waals surface area contributed by atoms with Gasteiger partial charge in [-0.2, -0.15) is 0 Å². The minimum absolute atomic E-state index is 0.100. The number of aliphatic hydroxyl groups excluding tert-OH is 2. The summed E-state index contributed by atoms with van der Waals surface area (Å²) in [4.78, 5) is 23.3. The van der Waals surface area contributed by atoms with Crippen molar-refractivity contribution in [2.75, 3.05) is 66.3 Å². The van der Waals surface area contributed by atoms with Crippen molar-refractivity contribution in [3.05, 3.63) is 60.7 Å². The number of ether oxygens (including phenoxy) is 4. The fraction of sp³-hybridized carbons (Fsp3) is 0.641. The molecule has 0 bridgehead atoms. The van der Waals surface area contributed by atoms with Gasteiger partial charge in [-0.1, -0.05) is 36.2 Å². The van der Waals surface area contributed by atoms with Crippen LogP contribution >= 0.6 is 0 Å². The Kier molecular flexibility index (Phi) is 13.8. The molecule has 50 heavy (non-hydrogen) atoms. The average molecular weight is 696 g/mol. The van der Waals surface area contributed by atoms with Crippen molar-refractivity contribution in [3.8, 4) is 11.5 Å². The van der Waals surface area contributed by atoms with E-state index in [9.17, 15) is 15.0 Å². The van der Waals surface area contributed by atoms with Crippen LogP contribution in [0.4, 0.5) is 4.79 Å². The van der Waals surface area contributed by atoms with Crippen molar-refractivity contribution in [1.82, 2.24) is 9.80 Å². The highest BCUT2D eigenvalue weighted by Gasteiger charge is 2.65. The Morgan fingerprint density at radius 1 is 1.12 bits per heavy atom. The molecular weight excluding hydrogens is 638 g/mol. The molecule has 2 N–H and O–H groups in total. The second-order valence-electron chi connectivity index (χ2n) is 13.7. The van der Waals surface area contributed by atoms with Crippen LogP contribution in [0, 0.1) is 17.8 Å². The molecule has 11 heteroatoms. The largest absolute Gasteiger partial charge is 0.492 e. The van der Waals surface area contributed by atoms with Crippen LogP contribution in [0.5, 0.6) is 11.5 Å². The van der Waals surface area contributed by atoms with Crippen LogP contribution in [-0.4, -0.2) is 110 Å². The number of carbonyl (C=O) groups is 1. The first kappa shape index (κ1) is 37.9. The number of hydrogen-bond acceptors (Lipinski definition) is 10. The highest BCUT2D eigenvalue weighted by molar-refractivity contribution is 6.02. The predicted octanol–water partition coefficient (Wildman–Crippen LogP) is 5.68. The van der Waals surface area contributed by atoms with Gasteiger partial charge in [0, 0.05) is 57.8 Å². The maximum absolute atomic E-state index is 13.6. The zero-order valence-electron chi connectivity index (χ0n) is 30.0. The van der Waals surface area contributed by atoms with Gasteiger partial charge in [0.1, 0.15) is 30.8 Å². The molecule has 11 nitrogen and oxygen atoms in total. The van der Waals surface area contributed by atoms with Gasteiger partial charge in [0.2, 0.25) is 5.79 Å². The lowest BCUT2D eigenvalue weighted by Gasteiger charge is -2.59. The number of amides is 1. The van der Waals surface area contributed by atoms with E-state index in [1.54, 1.807) is 24.1 Å². The second kappa shape index (κ2) is 18.2. The lowest BCUT2D eigenvalue weighted by molar-refractivity contribution is -0.253. The molecule has 2 aliphatic carbocycles. The van der Waals surface area contributed by atoms with E-state index in [1.807, 2.05) is 19.1 Å². The Morgan fingerprint density at radius 2 is 1.90 bits per heavy atom. The summed E-state index contributed by atoms with van der Waals surface area (Å²) < 4.78 is 26.0. The first-order chi connectivity index (χ1) is 24.4. The van der Waals surface area contributed by atoms with E-state index in [0.29, 0.717) is 38.2 Å². The molecule has 1 aromatic rings. The first-order valence-corrected chi connectivity index (χ1v) is 18.5. The molecule has 6 unspecified atom stereocenters. The molecule has 0 aromatic heterocycles. The quantitative estimate of drug-likeness (QED) is 0.0724. The van der Waals surface area contributed by atoms with Gasteiger partial charge in [-0.25, -0.2) is 4.79 Å². The van der Waals surface area contributed by atoms with Crippen LogP contribution in [0.25, 0.3) is 0 Å². The van der Waals surface area contributed by atoms with Crippen molar-refractivity contribution < 1.29 is 38.8 Å². The summed E-state index contributed by atoms with van der Waals surface area (Å²) in [5.74, 6) is 0.0235. The number of allylic oxidation sites excluding steroid dienone is 1. The van der Waals surface area contributed by atoms with E-state index in [0.717, 1.165) is 74.3 Å². The number of unbranched alkanes of at least 4 members (excludes halogenated alkanes) is 2. The smallest absolute Gasteiger partial charge is 0.409 e. The molecule has 1 saturated heterocycles. The molecule has 2 heterocycles. The predicted molar refractivity (Wildman–Crippen MR) is 192 cm³/mol. The van der Waals surface area contributed by atoms with Crippen LogP contribution < -0.4 is 9.47 Å². The molecule has 5 rings (SSSR count). The minimum Gasteiger partial charge on any atom is -0.492 e. The molecule has 1 aromatic carbocycles. The molecule has 2 fully saturated rings. The highest BCUT2D eigenvalue weighted by atomic mass is 16.7. The Hall–Kier alpha value is -3.38. The topological polar surface area (TPSA) is 122 Å². The fourth-order valence-electron chi connectivity index (χ4n) is 8.01. The number of benzene rings is 1. The lowest BCUT2D eigenvalue weighted by Crippen LogP contribution is -2.69.